The minimum Gasteiger partial charge on any atom is -0.379 e. The van der Waals surface area contributed by atoms with Crippen molar-refractivity contribution < 1.29 is 32.5 Å². The van der Waals surface area contributed by atoms with Crippen LogP contribution in [0.2, 0.25) is 0 Å². The molecule has 0 aromatic heterocycles. The van der Waals surface area contributed by atoms with Gasteiger partial charge in [-0.05, 0) is 51.4 Å². The van der Waals surface area contributed by atoms with E-state index in [9.17, 15) is 9.46 Å². The molecule has 0 rings (SSSR count). The molecule has 1 N–H and O–H groups in total. The molecule has 0 aliphatic heterocycles. The molecule has 0 spiro atoms. The fraction of sp³-hybridized carbons (Fsp3) is 0.840. The lowest BCUT2D eigenvalue weighted by atomic mass is 10.1. The minimum atomic E-state index is -4.08. The number of phosphoric acid groups is 1. The number of allylic oxidation sites excluding steroid dienone is 4. The molecule has 7 nitrogen and oxygen atoms in total. The van der Waals surface area contributed by atoms with Crippen LogP contribution in [0.15, 0.2) is 24.3 Å². The molecule has 0 saturated heterocycles. The normalized spacial score (nSPS) is 15.5. The highest BCUT2D eigenvalue weighted by Gasteiger charge is 2.24. The predicted octanol–water partition coefficient (Wildman–Crippen LogP) is 5.89. The second kappa shape index (κ2) is 20.8. The number of likely N-dealkylation sites (N-methyl/N-ethyl adjacent to an activating group) is 1. The highest BCUT2D eigenvalue weighted by atomic mass is 31.2. The van der Waals surface area contributed by atoms with Crippen molar-refractivity contribution in [3.8, 4) is 0 Å². The van der Waals surface area contributed by atoms with E-state index in [2.05, 4.69) is 31.2 Å². The largest absolute Gasteiger partial charge is 0.472 e. The summed E-state index contributed by atoms with van der Waals surface area (Å²) in [4.78, 5) is 9.77. The van der Waals surface area contributed by atoms with Gasteiger partial charge in [0.15, 0.2) is 0 Å². The number of hydrogen-bond acceptors (Lipinski definition) is 5. The van der Waals surface area contributed by atoms with Gasteiger partial charge in [0.05, 0.1) is 34.4 Å². The number of phosphoric ester groups is 1. The van der Waals surface area contributed by atoms with Gasteiger partial charge in [0.2, 0.25) is 0 Å². The summed E-state index contributed by atoms with van der Waals surface area (Å²) in [7, 11) is 3.41. The lowest BCUT2D eigenvalue weighted by Gasteiger charge is -2.24. The van der Waals surface area contributed by atoms with Crippen molar-refractivity contribution in [2.24, 2.45) is 0 Å². The van der Waals surface area contributed by atoms with Gasteiger partial charge in [0.25, 0.3) is 0 Å². The van der Waals surface area contributed by atoms with Crippen molar-refractivity contribution in [1.29, 1.82) is 0 Å². The van der Waals surface area contributed by atoms with Gasteiger partial charge in [0.1, 0.15) is 19.3 Å². The molecule has 0 aliphatic carbocycles. The van der Waals surface area contributed by atoms with Crippen LogP contribution < -0.4 is 0 Å². The molecule has 0 aliphatic rings. The number of hydrogen-bond donors (Lipinski definition) is 1. The van der Waals surface area contributed by atoms with Gasteiger partial charge < -0.3 is 18.9 Å². The van der Waals surface area contributed by atoms with E-state index in [1.165, 1.54) is 45.6 Å². The zero-order valence-electron chi connectivity index (χ0n) is 21.9. The van der Waals surface area contributed by atoms with Gasteiger partial charge in [-0.1, -0.05) is 44.1 Å². The summed E-state index contributed by atoms with van der Waals surface area (Å²) in [5, 5.41) is 0. The van der Waals surface area contributed by atoms with E-state index in [0.717, 1.165) is 25.7 Å². The summed E-state index contributed by atoms with van der Waals surface area (Å²) in [5.74, 6) is 0. The summed E-state index contributed by atoms with van der Waals surface area (Å²) in [6, 6.07) is 0. The van der Waals surface area contributed by atoms with E-state index in [0.29, 0.717) is 24.2 Å². The van der Waals surface area contributed by atoms with Gasteiger partial charge in [-0.2, -0.15) is 0 Å². The molecular weight excluding hydrogens is 441 g/mol. The second-order valence-corrected chi connectivity index (χ2v) is 10.9. The molecule has 0 aromatic carbocycles. The first-order chi connectivity index (χ1) is 15.7. The Morgan fingerprint density at radius 3 is 1.94 bits per heavy atom. The van der Waals surface area contributed by atoms with Gasteiger partial charge in [-0.3, -0.25) is 9.05 Å². The van der Waals surface area contributed by atoms with E-state index in [4.69, 9.17) is 18.5 Å². The van der Waals surface area contributed by atoms with Crippen molar-refractivity contribution in [2.45, 2.75) is 77.2 Å². The zero-order valence-corrected chi connectivity index (χ0v) is 22.8. The smallest absolute Gasteiger partial charge is 0.379 e. The third kappa shape index (κ3) is 24.4. The molecule has 0 heterocycles. The Morgan fingerprint density at radius 1 is 0.818 bits per heavy atom. The van der Waals surface area contributed by atoms with E-state index in [1.807, 2.05) is 21.1 Å². The number of quaternary nitrogens is 1. The SMILES string of the molecule is CCCC=CCCCCC=CCCCCCOC[C@H](COP(=O)(O)OCC[N+](C)(C)C)OC. The Balaban J connectivity index is 3.65. The second-order valence-electron chi connectivity index (χ2n) is 9.41. The zero-order chi connectivity index (χ0) is 24.8. The molecule has 0 saturated carbocycles. The minimum absolute atomic E-state index is 0.0471. The standard InChI is InChI=1S/C25H50NO6P/c1-6-7-8-9-10-11-12-13-14-15-16-17-18-19-21-30-23-25(29-5)24-32-33(27,28)31-22-20-26(2,3)4/h8-9,14-15,25H,6-7,10-13,16-24H2,1-5H3/p+1/t25-/m1/s1. The lowest BCUT2D eigenvalue weighted by Crippen LogP contribution is -2.37. The highest BCUT2D eigenvalue weighted by molar-refractivity contribution is 7.47. The molecule has 196 valence electrons. The summed E-state index contributed by atoms with van der Waals surface area (Å²) >= 11 is 0. The molecule has 0 radical (unpaired) electrons. The molecule has 33 heavy (non-hydrogen) atoms. The monoisotopic (exact) mass is 492 g/mol. The van der Waals surface area contributed by atoms with E-state index < -0.39 is 13.9 Å². The number of ether oxygens (including phenoxy) is 2. The first-order valence-corrected chi connectivity index (χ1v) is 14.0. The van der Waals surface area contributed by atoms with Crippen LogP contribution >= 0.6 is 7.82 Å². The maximum Gasteiger partial charge on any atom is 0.472 e. The van der Waals surface area contributed by atoms with E-state index in [-0.39, 0.29) is 13.2 Å². The van der Waals surface area contributed by atoms with Gasteiger partial charge in [-0.15, -0.1) is 0 Å². The number of nitrogens with zero attached hydrogens (tertiary/aromatic N) is 1. The Kier molecular flexibility index (Phi) is 20.5. The molecule has 0 amide bonds. The van der Waals surface area contributed by atoms with Crippen molar-refractivity contribution in [3.63, 3.8) is 0 Å². The van der Waals surface area contributed by atoms with Crippen LogP contribution in [0.4, 0.5) is 0 Å². The Morgan fingerprint density at radius 2 is 1.39 bits per heavy atom. The van der Waals surface area contributed by atoms with Crippen molar-refractivity contribution in [2.75, 3.05) is 61.2 Å². The number of methoxy groups -OCH3 is 1. The first-order valence-electron chi connectivity index (χ1n) is 12.5. The van der Waals surface area contributed by atoms with Gasteiger partial charge >= 0.3 is 7.82 Å². The van der Waals surface area contributed by atoms with Crippen molar-refractivity contribution >= 4 is 7.82 Å². The van der Waals surface area contributed by atoms with Crippen LogP contribution in [0.25, 0.3) is 0 Å². The third-order valence-electron chi connectivity index (χ3n) is 5.02. The van der Waals surface area contributed by atoms with Crippen molar-refractivity contribution in [3.05, 3.63) is 24.3 Å². The maximum atomic E-state index is 11.9. The Labute approximate surface area is 203 Å². The average molecular weight is 493 g/mol. The first kappa shape index (κ1) is 32.5. The topological polar surface area (TPSA) is 74.2 Å². The third-order valence-corrected chi connectivity index (χ3v) is 6.00. The maximum absolute atomic E-state index is 11.9. The molecule has 8 heteroatoms. The van der Waals surface area contributed by atoms with Gasteiger partial charge in [0, 0.05) is 13.7 Å². The highest BCUT2D eigenvalue weighted by Crippen LogP contribution is 2.43. The Hall–Kier alpha value is -0.530. The van der Waals surface area contributed by atoms with E-state index >= 15 is 0 Å². The Bertz CT molecular complexity index is 548. The summed E-state index contributed by atoms with van der Waals surface area (Å²) in [6.45, 7) is 3.89. The summed E-state index contributed by atoms with van der Waals surface area (Å²) < 4.78 is 33.5. The summed E-state index contributed by atoms with van der Waals surface area (Å²) in [6.07, 6.45) is 20.5. The molecule has 0 fully saturated rings. The number of unbranched alkanes of at least 4 members (excludes halogenated alkanes) is 7. The van der Waals surface area contributed by atoms with Crippen LogP contribution in [0.1, 0.15) is 71.1 Å². The van der Waals surface area contributed by atoms with Crippen LogP contribution in [0.5, 0.6) is 0 Å². The fourth-order valence-corrected chi connectivity index (χ4v) is 3.59. The quantitative estimate of drug-likeness (QED) is 0.0830. The molecule has 1 unspecified atom stereocenters. The molecule has 2 atom stereocenters. The van der Waals surface area contributed by atoms with Crippen molar-refractivity contribution in [1.82, 2.24) is 0 Å². The van der Waals surface area contributed by atoms with Crippen LogP contribution in [0, 0.1) is 0 Å². The average Bonchev–Trinajstić information content (AvgIpc) is 2.74. The van der Waals surface area contributed by atoms with Crippen LogP contribution in [-0.2, 0) is 23.1 Å². The molecular formula is C25H51NO6P+. The van der Waals surface area contributed by atoms with Crippen LogP contribution in [-0.4, -0.2) is 76.7 Å². The molecule has 0 aromatic rings. The lowest BCUT2D eigenvalue weighted by molar-refractivity contribution is -0.870. The van der Waals surface area contributed by atoms with Gasteiger partial charge in [-0.25, -0.2) is 4.57 Å². The van der Waals surface area contributed by atoms with E-state index in [1.54, 1.807) is 0 Å². The fourth-order valence-electron chi connectivity index (χ4n) is 2.85. The molecule has 0 bridgehead atoms. The summed E-state index contributed by atoms with van der Waals surface area (Å²) in [5.41, 5.74) is 0. The predicted molar refractivity (Wildman–Crippen MR) is 136 cm³/mol. The van der Waals surface area contributed by atoms with Crippen LogP contribution in [0.3, 0.4) is 0 Å². The number of rotatable bonds is 23.